The molecule has 3 nitrogen and oxygen atoms in total. The van der Waals surface area contributed by atoms with Crippen LogP contribution in [0.3, 0.4) is 0 Å². The van der Waals surface area contributed by atoms with E-state index in [1.807, 2.05) is 24.4 Å². The Kier molecular flexibility index (Phi) is 4.48. The normalized spacial score (nSPS) is 15.1. The molecule has 1 aliphatic rings. The molecule has 1 aliphatic carbocycles. The van der Waals surface area contributed by atoms with Crippen LogP contribution in [0.25, 0.3) is 0 Å². The third-order valence-electron chi connectivity index (χ3n) is 3.64. The average molecular weight is 272 g/mol. The first-order valence-corrected chi connectivity index (χ1v) is 7.32. The van der Waals surface area contributed by atoms with Crippen molar-refractivity contribution in [2.75, 3.05) is 5.32 Å². The second-order valence-corrected chi connectivity index (χ2v) is 6.40. The second kappa shape index (κ2) is 6.12. The van der Waals surface area contributed by atoms with Gasteiger partial charge in [0.15, 0.2) is 0 Å². The van der Waals surface area contributed by atoms with Gasteiger partial charge in [0.05, 0.1) is 0 Å². The van der Waals surface area contributed by atoms with E-state index in [1.54, 1.807) is 0 Å². The quantitative estimate of drug-likeness (QED) is 0.814. The van der Waals surface area contributed by atoms with Gasteiger partial charge >= 0.3 is 6.03 Å². The Hall–Kier alpha value is -1.77. The molecule has 0 aromatic heterocycles. The van der Waals surface area contributed by atoms with Crippen molar-refractivity contribution in [3.05, 3.63) is 41.6 Å². The maximum Gasteiger partial charge on any atom is 0.323 e. The summed E-state index contributed by atoms with van der Waals surface area (Å²) >= 11 is 0. The van der Waals surface area contributed by atoms with E-state index in [2.05, 4.69) is 37.5 Å². The van der Waals surface area contributed by atoms with Crippen LogP contribution in [0.5, 0.6) is 0 Å². The van der Waals surface area contributed by atoms with E-state index < -0.39 is 0 Å². The van der Waals surface area contributed by atoms with Crippen LogP contribution in [-0.4, -0.2) is 6.03 Å². The number of anilines is 1. The maximum atomic E-state index is 12.0. The van der Waals surface area contributed by atoms with Crippen molar-refractivity contribution in [3.8, 4) is 0 Å². The van der Waals surface area contributed by atoms with E-state index in [9.17, 15) is 4.79 Å². The molecule has 3 heteroatoms. The minimum atomic E-state index is -0.166. The first-order chi connectivity index (χ1) is 9.47. The number of allylic oxidation sites excluding steroid dienone is 1. The lowest BCUT2D eigenvalue weighted by molar-refractivity contribution is 0.255. The van der Waals surface area contributed by atoms with Crippen molar-refractivity contribution in [3.63, 3.8) is 0 Å². The molecule has 108 valence electrons. The fraction of sp³-hybridized carbons (Fsp3) is 0.471. The molecule has 1 aromatic carbocycles. The number of hydrogen-bond acceptors (Lipinski definition) is 1. The van der Waals surface area contributed by atoms with Crippen LogP contribution >= 0.6 is 0 Å². The van der Waals surface area contributed by atoms with Crippen molar-refractivity contribution in [2.45, 2.75) is 51.9 Å². The van der Waals surface area contributed by atoms with E-state index >= 15 is 0 Å². The third-order valence-corrected chi connectivity index (χ3v) is 3.64. The van der Waals surface area contributed by atoms with Gasteiger partial charge in [0.1, 0.15) is 0 Å². The topological polar surface area (TPSA) is 41.1 Å². The van der Waals surface area contributed by atoms with Gasteiger partial charge < -0.3 is 10.6 Å². The summed E-state index contributed by atoms with van der Waals surface area (Å²) in [6.07, 6.45) is 6.56. The summed E-state index contributed by atoms with van der Waals surface area (Å²) in [5.41, 5.74) is 3.36. The molecule has 0 saturated heterocycles. The Morgan fingerprint density at radius 2 is 1.80 bits per heavy atom. The summed E-state index contributed by atoms with van der Waals surface area (Å²) in [6.45, 7) is 6.43. The number of benzene rings is 1. The van der Waals surface area contributed by atoms with Crippen LogP contribution in [0, 0.1) is 0 Å². The van der Waals surface area contributed by atoms with Gasteiger partial charge in [0.2, 0.25) is 0 Å². The Labute approximate surface area is 121 Å². The molecular weight excluding hydrogens is 248 g/mol. The zero-order valence-electron chi connectivity index (χ0n) is 12.6. The average Bonchev–Trinajstić information content (AvgIpc) is 2.89. The standard InChI is InChI=1S/C17H24N2O/c1-17(2,3)14-10-6-7-11-15(14)19-16(20)18-12-13-8-4-5-9-13/h6-7,10-12H,4-5,8-9H2,1-3H3,(H2,18,19,20). The molecule has 0 atom stereocenters. The Morgan fingerprint density at radius 3 is 2.45 bits per heavy atom. The molecule has 0 aliphatic heterocycles. The van der Waals surface area contributed by atoms with Crippen LogP contribution < -0.4 is 10.6 Å². The first kappa shape index (κ1) is 14.6. The van der Waals surface area contributed by atoms with Crippen molar-refractivity contribution in [1.82, 2.24) is 5.32 Å². The maximum absolute atomic E-state index is 12.0. The number of carbonyl (C=O) groups excluding carboxylic acids is 1. The van der Waals surface area contributed by atoms with Gasteiger partial charge in [0, 0.05) is 11.9 Å². The molecule has 20 heavy (non-hydrogen) atoms. The highest BCUT2D eigenvalue weighted by molar-refractivity contribution is 5.91. The molecule has 0 spiro atoms. The van der Waals surface area contributed by atoms with Gasteiger partial charge in [-0.2, -0.15) is 0 Å². The highest BCUT2D eigenvalue weighted by Gasteiger charge is 2.18. The lowest BCUT2D eigenvalue weighted by atomic mass is 9.86. The van der Waals surface area contributed by atoms with E-state index in [0.29, 0.717) is 0 Å². The predicted octanol–water partition coefficient (Wildman–Crippen LogP) is 4.56. The summed E-state index contributed by atoms with van der Waals surface area (Å²) in [5.74, 6) is 0. The van der Waals surface area contributed by atoms with Crippen molar-refractivity contribution >= 4 is 11.7 Å². The zero-order valence-corrected chi connectivity index (χ0v) is 12.6. The molecule has 2 amide bonds. The molecule has 2 N–H and O–H groups in total. The molecule has 0 heterocycles. The smallest absolute Gasteiger partial charge is 0.314 e. The van der Waals surface area contributed by atoms with Crippen LogP contribution in [0.4, 0.5) is 10.5 Å². The predicted molar refractivity (Wildman–Crippen MR) is 83.8 cm³/mol. The fourth-order valence-electron chi connectivity index (χ4n) is 2.55. The summed E-state index contributed by atoms with van der Waals surface area (Å²) in [7, 11) is 0. The van der Waals surface area contributed by atoms with Gasteiger partial charge in [-0.05, 0) is 42.7 Å². The number of hydrogen-bond donors (Lipinski definition) is 2. The summed E-state index contributed by atoms with van der Waals surface area (Å²) in [4.78, 5) is 12.0. The van der Waals surface area contributed by atoms with Crippen LogP contribution in [0.2, 0.25) is 0 Å². The van der Waals surface area contributed by atoms with Gasteiger partial charge in [-0.15, -0.1) is 0 Å². The lowest BCUT2D eigenvalue weighted by Gasteiger charge is -2.22. The van der Waals surface area contributed by atoms with Gasteiger partial charge in [-0.3, -0.25) is 0 Å². The van der Waals surface area contributed by atoms with Crippen molar-refractivity contribution in [2.24, 2.45) is 0 Å². The molecule has 2 rings (SSSR count). The second-order valence-electron chi connectivity index (χ2n) is 6.40. The SMILES string of the molecule is CC(C)(C)c1ccccc1NC(=O)NC=C1CCCC1. The number of para-hydroxylation sites is 1. The number of amides is 2. The first-order valence-electron chi connectivity index (χ1n) is 7.32. The Bertz CT molecular complexity index is 504. The van der Waals surface area contributed by atoms with E-state index in [0.717, 1.165) is 24.1 Å². The molecular formula is C17H24N2O. The minimum absolute atomic E-state index is 0.00773. The van der Waals surface area contributed by atoms with E-state index in [4.69, 9.17) is 0 Å². The highest BCUT2D eigenvalue weighted by Crippen LogP contribution is 2.29. The van der Waals surface area contributed by atoms with Gasteiger partial charge in [-0.25, -0.2) is 4.79 Å². The Morgan fingerprint density at radius 1 is 1.15 bits per heavy atom. The summed E-state index contributed by atoms with van der Waals surface area (Å²) in [6, 6.07) is 7.79. The minimum Gasteiger partial charge on any atom is -0.314 e. The molecule has 1 saturated carbocycles. The summed E-state index contributed by atoms with van der Waals surface area (Å²) in [5, 5.41) is 5.79. The van der Waals surface area contributed by atoms with E-state index in [-0.39, 0.29) is 11.4 Å². The number of urea groups is 1. The van der Waals surface area contributed by atoms with E-state index in [1.165, 1.54) is 18.4 Å². The largest absolute Gasteiger partial charge is 0.323 e. The highest BCUT2D eigenvalue weighted by atomic mass is 16.2. The molecule has 0 unspecified atom stereocenters. The van der Waals surface area contributed by atoms with Gasteiger partial charge in [0.25, 0.3) is 0 Å². The van der Waals surface area contributed by atoms with Crippen LogP contribution in [-0.2, 0) is 5.41 Å². The molecule has 0 radical (unpaired) electrons. The molecule has 0 bridgehead atoms. The zero-order chi connectivity index (χ0) is 14.6. The number of carbonyl (C=O) groups is 1. The lowest BCUT2D eigenvalue weighted by Crippen LogP contribution is -2.26. The third kappa shape index (κ3) is 3.86. The van der Waals surface area contributed by atoms with Crippen molar-refractivity contribution in [1.29, 1.82) is 0 Å². The monoisotopic (exact) mass is 272 g/mol. The molecule has 1 aromatic rings. The van der Waals surface area contributed by atoms with Crippen LogP contribution in [0.1, 0.15) is 52.0 Å². The van der Waals surface area contributed by atoms with Gasteiger partial charge in [-0.1, -0.05) is 44.5 Å². The Balaban J connectivity index is 2.02. The number of rotatable bonds is 2. The fourth-order valence-corrected chi connectivity index (χ4v) is 2.55. The molecule has 1 fully saturated rings. The number of nitrogens with one attached hydrogen (secondary N) is 2. The van der Waals surface area contributed by atoms with Crippen LogP contribution in [0.15, 0.2) is 36.0 Å². The van der Waals surface area contributed by atoms with Crippen molar-refractivity contribution < 1.29 is 4.79 Å². The summed E-state index contributed by atoms with van der Waals surface area (Å²) < 4.78 is 0.